The molecular weight excluding hydrogens is 254 g/mol. The third-order valence-corrected chi connectivity index (χ3v) is 3.51. The zero-order valence-corrected chi connectivity index (χ0v) is 12.2. The van der Waals surface area contributed by atoms with Crippen LogP contribution < -0.4 is 15.4 Å². The first-order valence-corrected chi connectivity index (χ1v) is 7.06. The molecule has 20 heavy (non-hydrogen) atoms. The highest BCUT2D eigenvalue weighted by Gasteiger charge is 2.13. The van der Waals surface area contributed by atoms with Gasteiger partial charge in [-0.05, 0) is 50.2 Å². The number of hydrogen-bond acceptors (Lipinski definition) is 4. The lowest BCUT2D eigenvalue weighted by molar-refractivity contribution is -0.117. The van der Waals surface area contributed by atoms with E-state index in [0.29, 0.717) is 6.54 Å². The van der Waals surface area contributed by atoms with Gasteiger partial charge in [-0.2, -0.15) is 0 Å². The van der Waals surface area contributed by atoms with Crippen LogP contribution in [-0.2, 0) is 4.79 Å². The van der Waals surface area contributed by atoms with Crippen LogP contribution in [-0.4, -0.2) is 50.6 Å². The van der Waals surface area contributed by atoms with Gasteiger partial charge in [0, 0.05) is 18.8 Å². The van der Waals surface area contributed by atoms with Gasteiger partial charge >= 0.3 is 0 Å². The normalized spacial score (nSPS) is 16.5. The molecule has 2 rings (SSSR count). The molecule has 2 N–H and O–H groups in total. The molecule has 0 saturated carbocycles. The average Bonchev–Trinajstić information content (AvgIpc) is 2.69. The molecular formula is C15H23N3O2. The Bertz CT molecular complexity index is 454. The standard InChI is InChI=1S/C15H23N3O2/c1-12-10-13(20-2)4-5-14(12)17-15(19)11-18-8-3-6-16-7-9-18/h4-5,10,16H,3,6-9,11H2,1-2H3,(H,17,19). The van der Waals surface area contributed by atoms with Crippen LogP contribution in [0.15, 0.2) is 18.2 Å². The molecule has 1 aliphatic heterocycles. The van der Waals surface area contributed by atoms with Gasteiger partial charge in [-0.1, -0.05) is 0 Å². The minimum Gasteiger partial charge on any atom is -0.497 e. The maximum Gasteiger partial charge on any atom is 0.238 e. The third kappa shape index (κ3) is 4.21. The number of anilines is 1. The van der Waals surface area contributed by atoms with Gasteiger partial charge in [0.2, 0.25) is 5.91 Å². The first-order valence-electron chi connectivity index (χ1n) is 7.06. The molecule has 0 spiro atoms. The molecule has 0 unspecified atom stereocenters. The van der Waals surface area contributed by atoms with Crippen molar-refractivity contribution in [2.24, 2.45) is 0 Å². The summed E-state index contributed by atoms with van der Waals surface area (Å²) in [5.41, 5.74) is 1.86. The Morgan fingerprint density at radius 2 is 2.25 bits per heavy atom. The summed E-state index contributed by atoms with van der Waals surface area (Å²) in [7, 11) is 1.64. The molecule has 0 atom stereocenters. The number of carbonyl (C=O) groups excluding carboxylic acids is 1. The average molecular weight is 277 g/mol. The number of carbonyl (C=O) groups is 1. The molecule has 0 aromatic heterocycles. The van der Waals surface area contributed by atoms with E-state index < -0.39 is 0 Å². The molecule has 5 heteroatoms. The smallest absolute Gasteiger partial charge is 0.238 e. The number of methoxy groups -OCH3 is 1. The van der Waals surface area contributed by atoms with E-state index in [1.807, 2.05) is 25.1 Å². The maximum absolute atomic E-state index is 12.1. The van der Waals surface area contributed by atoms with Crippen LogP contribution in [0.5, 0.6) is 5.75 Å². The van der Waals surface area contributed by atoms with Crippen molar-refractivity contribution in [3.05, 3.63) is 23.8 Å². The summed E-state index contributed by atoms with van der Waals surface area (Å²) in [6.45, 7) is 6.31. The SMILES string of the molecule is COc1ccc(NC(=O)CN2CCCNCC2)c(C)c1. The fraction of sp³-hybridized carbons (Fsp3) is 0.533. The van der Waals surface area contributed by atoms with Gasteiger partial charge in [0.15, 0.2) is 0 Å². The van der Waals surface area contributed by atoms with Crippen LogP contribution in [0, 0.1) is 6.92 Å². The predicted molar refractivity (Wildman–Crippen MR) is 80.3 cm³/mol. The van der Waals surface area contributed by atoms with Crippen molar-refractivity contribution >= 4 is 11.6 Å². The summed E-state index contributed by atoms with van der Waals surface area (Å²) < 4.78 is 5.16. The summed E-state index contributed by atoms with van der Waals surface area (Å²) in [6.07, 6.45) is 1.09. The first kappa shape index (κ1) is 14.8. The Morgan fingerprint density at radius 3 is 3.00 bits per heavy atom. The number of amides is 1. The fourth-order valence-electron chi connectivity index (χ4n) is 2.36. The fourth-order valence-corrected chi connectivity index (χ4v) is 2.36. The number of nitrogens with zero attached hydrogens (tertiary/aromatic N) is 1. The second-order valence-corrected chi connectivity index (χ2v) is 5.11. The van der Waals surface area contributed by atoms with Gasteiger partial charge in [-0.3, -0.25) is 9.69 Å². The molecule has 1 aromatic carbocycles. The molecule has 0 radical (unpaired) electrons. The third-order valence-electron chi connectivity index (χ3n) is 3.51. The van der Waals surface area contributed by atoms with Crippen molar-refractivity contribution in [1.82, 2.24) is 10.2 Å². The molecule has 1 aromatic rings. The number of aryl methyl sites for hydroxylation is 1. The Hall–Kier alpha value is -1.59. The van der Waals surface area contributed by atoms with Crippen LogP contribution in [0.3, 0.4) is 0 Å². The predicted octanol–water partition coefficient (Wildman–Crippen LogP) is 1.24. The van der Waals surface area contributed by atoms with Crippen molar-refractivity contribution in [1.29, 1.82) is 0 Å². The second kappa shape index (κ2) is 7.26. The molecule has 5 nitrogen and oxygen atoms in total. The van der Waals surface area contributed by atoms with Crippen LogP contribution in [0.4, 0.5) is 5.69 Å². The van der Waals surface area contributed by atoms with E-state index in [9.17, 15) is 4.79 Å². The first-order chi connectivity index (χ1) is 9.69. The van der Waals surface area contributed by atoms with Crippen molar-refractivity contribution in [3.63, 3.8) is 0 Å². The summed E-state index contributed by atoms with van der Waals surface area (Å²) in [6, 6.07) is 5.67. The van der Waals surface area contributed by atoms with E-state index in [-0.39, 0.29) is 5.91 Å². The van der Waals surface area contributed by atoms with Crippen LogP contribution >= 0.6 is 0 Å². The van der Waals surface area contributed by atoms with Gasteiger partial charge in [-0.15, -0.1) is 0 Å². The molecule has 1 fully saturated rings. The summed E-state index contributed by atoms with van der Waals surface area (Å²) in [5, 5.41) is 6.31. The lowest BCUT2D eigenvalue weighted by Crippen LogP contribution is -2.35. The Balaban J connectivity index is 1.90. The largest absolute Gasteiger partial charge is 0.497 e. The van der Waals surface area contributed by atoms with Crippen LogP contribution in [0.2, 0.25) is 0 Å². The molecule has 110 valence electrons. The number of rotatable bonds is 4. The maximum atomic E-state index is 12.1. The van der Waals surface area contributed by atoms with E-state index in [1.165, 1.54) is 0 Å². The van der Waals surface area contributed by atoms with Crippen molar-refractivity contribution < 1.29 is 9.53 Å². The van der Waals surface area contributed by atoms with Gasteiger partial charge in [0.1, 0.15) is 5.75 Å². The molecule has 1 aliphatic rings. The Kier molecular flexibility index (Phi) is 5.38. The highest BCUT2D eigenvalue weighted by Crippen LogP contribution is 2.20. The Morgan fingerprint density at radius 1 is 1.40 bits per heavy atom. The molecule has 0 aliphatic carbocycles. The molecule has 0 bridgehead atoms. The number of benzene rings is 1. The van der Waals surface area contributed by atoms with E-state index in [1.54, 1.807) is 7.11 Å². The lowest BCUT2D eigenvalue weighted by atomic mass is 10.2. The van der Waals surface area contributed by atoms with Gasteiger partial charge in [0.05, 0.1) is 13.7 Å². The number of nitrogens with one attached hydrogen (secondary N) is 2. The van der Waals surface area contributed by atoms with Crippen LogP contribution in [0.25, 0.3) is 0 Å². The monoisotopic (exact) mass is 277 g/mol. The minimum atomic E-state index is 0.0418. The van der Waals surface area contributed by atoms with E-state index in [2.05, 4.69) is 15.5 Å². The highest BCUT2D eigenvalue weighted by atomic mass is 16.5. The topological polar surface area (TPSA) is 53.6 Å². The van der Waals surface area contributed by atoms with Crippen molar-refractivity contribution in [2.45, 2.75) is 13.3 Å². The van der Waals surface area contributed by atoms with E-state index in [4.69, 9.17) is 4.74 Å². The summed E-state index contributed by atoms with van der Waals surface area (Å²) in [4.78, 5) is 14.3. The zero-order valence-electron chi connectivity index (χ0n) is 12.2. The van der Waals surface area contributed by atoms with Gasteiger partial charge in [0.25, 0.3) is 0 Å². The zero-order chi connectivity index (χ0) is 14.4. The highest BCUT2D eigenvalue weighted by molar-refractivity contribution is 5.93. The van der Waals surface area contributed by atoms with Gasteiger partial charge < -0.3 is 15.4 Å². The number of hydrogen-bond donors (Lipinski definition) is 2. The van der Waals surface area contributed by atoms with Crippen LogP contribution in [0.1, 0.15) is 12.0 Å². The molecule has 1 amide bonds. The summed E-state index contributed by atoms with van der Waals surface area (Å²) >= 11 is 0. The van der Waals surface area contributed by atoms with Gasteiger partial charge in [-0.25, -0.2) is 0 Å². The number of ether oxygens (including phenoxy) is 1. The lowest BCUT2D eigenvalue weighted by Gasteiger charge is -2.19. The summed E-state index contributed by atoms with van der Waals surface area (Å²) in [5.74, 6) is 0.847. The Labute approximate surface area is 120 Å². The molecule has 1 heterocycles. The second-order valence-electron chi connectivity index (χ2n) is 5.11. The van der Waals surface area contributed by atoms with Crippen molar-refractivity contribution in [3.8, 4) is 5.75 Å². The minimum absolute atomic E-state index is 0.0418. The van der Waals surface area contributed by atoms with E-state index in [0.717, 1.165) is 49.6 Å². The van der Waals surface area contributed by atoms with Crippen molar-refractivity contribution in [2.75, 3.05) is 45.2 Å². The quantitative estimate of drug-likeness (QED) is 0.869. The molecule has 1 saturated heterocycles. The van der Waals surface area contributed by atoms with E-state index >= 15 is 0 Å².